The van der Waals surface area contributed by atoms with E-state index in [1.165, 1.54) is 23.2 Å². The molecule has 0 bridgehead atoms. The van der Waals surface area contributed by atoms with Crippen molar-refractivity contribution in [3.05, 3.63) is 59.7 Å². The number of phenolic OH excluding ortho intramolecular Hbond substituents is 1. The molecule has 0 aliphatic rings. The van der Waals surface area contributed by atoms with Gasteiger partial charge in [0, 0.05) is 19.8 Å². The highest BCUT2D eigenvalue weighted by atomic mass is 19.1. The molecule has 0 aliphatic carbocycles. The second kappa shape index (κ2) is 5.48. The Bertz CT molecular complexity index is 602. The average molecular weight is 260 g/mol. The number of rotatable bonds is 3. The highest BCUT2D eigenvalue weighted by Gasteiger charge is 2.16. The zero-order valence-electron chi connectivity index (χ0n) is 10.4. The Balaban J connectivity index is 2.14. The van der Waals surface area contributed by atoms with Gasteiger partial charge in [0.05, 0.1) is 5.56 Å². The first kappa shape index (κ1) is 13.0. The fourth-order valence-electron chi connectivity index (χ4n) is 1.75. The predicted octanol–water partition coefficient (Wildman–Crippen LogP) is 2.20. The number of amides is 1. The van der Waals surface area contributed by atoms with Crippen LogP contribution in [0.25, 0.3) is 0 Å². The Hall–Kier alpha value is -2.43. The Morgan fingerprint density at radius 2 is 2.16 bits per heavy atom. The van der Waals surface area contributed by atoms with Gasteiger partial charge in [-0.25, -0.2) is 4.98 Å². The van der Waals surface area contributed by atoms with E-state index in [1.54, 1.807) is 31.3 Å². The molecule has 98 valence electrons. The van der Waals surface area contributed by atoms with Gasteiger partial charge in [0.2, 0.25) is 5.95 Å². The van der Waals surface area contributed by atoms with Crippen LogP contribution in [0.15, 0.2) is 42.6 Å². The standard InChI is InChI=1S/C14H13FN2O2/c1-17(9-10-4-2-5-11(18)8-10)14(19)12-6-3-7-16-13(12)15/h2-8,18H,9H2,1H3. The van der Waals surface area contributed by atoms with E-state index in [-0.39, 0.29) is 17.9 Å². The van der Waals surface area contributed by atoms with Crippen molar-refractivity contribution >= 4 is 5.91 Å². The molecule has 1 N–H and O–H groups in total. The largest absolute Gasteiger partial charge is 0.508 e. The molecule has 1 amide bonds. The molecule has 2 rings (SSSR count). The first-order chi connectivity index (χ1) is 9.08. The number of halogens is 1. The van der Waals surface area contributed by atoms with Gasteiger partial charge in [-0.15, -0.1) is 0 Å². The molecule has 1 aromatic carbocycles. The quantitative estimate of drug-likeness (QED) is 0.861. The van der Waals surface area contributed by atoms with Gasteiger partial charge in [-0.1, -0.05) is 12.1 Å². The fourth-order valence-corrected chi connectivity index (χ4v) is 1.75. The van der Waals surface area contributed by atoms with Crippen molar-refractivity contribution in [2.45, 2.75) is 6.54 Å². The zero-order chi connectivity index (χ0) is 13.8. The third-order valence-electron chi connectivity index (χ3n) is 2.67. The lowest BCUT2D eigenvalue weighted by Crippen LogP contribution is -2.27. The van der Waals surface area contributed by atoms with Crippen molar-refractivity contribution in [3.8, 4) is 5.75 Å². The van der Waals surface area contributed by atoms with Crippen molar-refractivity contribution < 1.29 is 14.3 Å². The summed E-state index contributed by atoms with van der Waals surface area (Å²) < 4.78 is 13.4. The lowest BCUT2D eigenvalue weighted by atomic mass is 10.2. The SMILES string of the molecule is CN(Cc1cccc(O)c1)C(=O)c1cccnc1F. The molecule has 0 atom stereocenters. The summed E-state index contributed by atoms with van der Waals surface area (Å²) in [6.07, 6.45) is 1.29. The Kier molecular flexibility index (Phi) is 3.75. The van der Waals surface area contributed by atoms with Crippen LogP contribution in [0.4, 0.5) is 4.39 Å². The second-order valence-electron chi connectivity index (χ2n) is 4.17. The average Bonchev–Trinajstić information content (AvgIpc) is 2.38. The maximum absolute atomic E-state index is 13.4. The van der Waals surface area contributed by atoms with E-state index >= 15 is 0 Å². The van der Waals surface area contributed by atoms with Crippen LogP contribution in [0, 0.1) is 5.95 Å². The zero-order valence-corrected chi connectivity index (χ0v) is 10.4. The predicted molar refractivity (Wildman–Crippen MR) is 68.1 cm³/mol. The van der Waals surface area contributed by atoms with E-state index in [0.29, 0.717) is 0 Å². The summed E-state index contributed by atoms with van der Waals surface area (Å²) in [6, 6.07) is 9.48. The molecule has 5 heteroatoms. The smallest absolute Gasteiger partial charge is 0.258 e. The normalized spacial score (nSPS) is 10.2. The number of carbonyl (C=O) groups excluding carboxylic acids is 1. The van der Waals surface area contributed by atoms with Crippen LogP contribution in [0.1, 0.15) is 15.9 Å². The minimum atomic E-state index is -0.782. The summed E-state index contributed by atoms with van der Waals surface area (Å²) in [5.41, 5.74) is 0.699. The van der Waals surface area contributed by atoms with E-state index < -0.39 is 11.9 Å². The van der Waals surface area contributed by atoms with Gasteiger partial charge in [0.1, 0.15) is 5.75 Å². The topological polar surface area (TPSA) is 53.4 Å². The first-order valence-electron chi connectivity index (χ1n) is 5.72. The van der Waals surface area contributed by atoms with Crippen molar-refractivity contribution in [3.63, 3.8) is 0 Å². The minimum absolute atomic E-state index is 0.0647. The molecular formula is C14H13FN2O2. The molecule has 0 aliphatic heterocycles. The molecule has 1 heterocycles. The van der Waals surface area contributed by atoms with Crippen LogP contribution in [-0.2, 0) is 6.54 Å². The monoisotopic (exact) mass is 260 g/mol. The van der Waals surface area contributed by atoms with E-state index in [9.17, 15) is 14.3 Å². The molecule has 0 saturated heterocycles. The van der Waals surface area contributed by atoms with Crippen LogP contribution < -0.4 is 0 Å². The first-order valence-corrected chi connectivity index (χ1v) is 5.72. The molecule has 0 radical (unpaired) electrons. The number of pyridine rings is 1. The molecule has 19 heavy (non-hydrogen) atoms. The van der Waals surface area contributed by atoms with Gasteiger partial charge < -0.3 is 10.0 Å². The van der Waals surface area contributed by atoms with Gasteiger partial charge in [0.25, 0.3) is 5.91 Å². The van der Waals surface area contributed by atoms with Crippen molar-refractivity contribution in [2.75, 3.05) is 7.05 Å². The number of aromatic hydroxyl groups is 1. The summed E-state index contributed by atoms with van der Waals surface area (Å²) in [5, 5.41) is 9.35. The maximum atomic E-state index is 13.4. The van der Waals surface area contributed by atoms with Crippen LogP contribution in [0.5, 0.6) is 5.75 Å². The molecule has 0 saturated carbocycles. The summed E-state index contributed by atoms with van der Waals surface area (Å²) in [4.78, 5) is 16.9. The Labute approximate surface area is 110 Å². The summed E-state index contributed by atoms with van der Waals surface area (Å²) >= 11 is 0. The summed E-state index contributed by atoms with van der Waals surface area (Å²) in [5.74, 6) is -1.10. The van der Waals surface area contributed by atoms with Crippen LogP contribution >= 0.6 is 0 Å². The van der Waals surface area contributed by atoms with E-state index in [2.05, 4.69) is 4.98 Å². The molecule has 4 nitrogen and oxygen atoms in total. The number of aromatic nitrogens is 1. The maximum Gasteiger partial charge on any atom is 0.258 e. The molecule has 0 fully saturated rings. The van der Waals surface area contributed by atoms with Gasteiger partial charge in [-0.05, 0) is 29.8 Å². The number of nitrogens with zero attached hydrogens (tertiary/aromatic N) is 2. The highest BCUT2D eigenvalue weighted by Crippen LogP contribution is 2.14. The number of carbonyl (C=O) groups is 1. The molecule has 0 unspecified atom stereocenters. The summed E-state index contributed by atoms with van der Waals surface area (Å²) in [6.45, 7) is 0.279. The van der Waals surface area contributed by atoms with Crippen LogP contribution in [0.2, 0.25) is 0 Å². The molecule has 1 aromatic heterocycles. The Morgan fingerprint density at radius 3 is 2.84 bits per heavy atom. The molecule has 2 aromatic rings. The molecular weight excluding hydrogens is 247 g/mol. The third kappa shape index (κ3) is 3.07. The van der Waals surface area contributed by atoms with Crippen LogP contribution in [0.3, 0.4) is 0 Å². The van der Waals surface area contributed by atoms with E-state index in [1.807, 2.05) is 0 Å². The fraction of sp³-hybridized carbons (Fsp3) is 0.143. The van der Waals surface area contributed by atoms with E-state index in [4.69, 9.17) is 0 Å². The van der Waals surface area contributed by atoms with Gasteiger partial charge in [0.15, 0.2) is 0 Å². The third-order valence-corrected chi connectivity index (χ3v) is 2.67. The number of phenols is 1. The van der Waals surface area contributed by atoms with Crippen molar-refractivity contribution in [1.29, 1.82) is 0 Å². The van der Waals surface area contributed by atoms with Crippen molar-refractivity contribution in [2.24, 2.45) is 0 Å². The highest BCUT2D eigenvalue weighted by molar-refractivity contribution is 5.93. The number of hydrogen-bond donors (Lipinski definition) is 1. The summed E-state index contributed by atoms with van der Waals surface area (Å²) in [7, 11) is 1.57. The lowest BCUT2D eigenvalue weighted by molar-refractivity contribution is 0.0779. The van der Waals surface area contributed by atoms with Gasteiger partial charge in [-0.2, -0.15) is 4.39 Å². The van der Waals surface area contributed by atoms with Crippen molar-refractivity contribution in [1.82, 2.24) is 9.88 Å². The lowest BCUT2D eigenvalue weighted by Gasteiger charge is -2.17. The Morgan fingerprint density at radius 1 is 1.37 bits per heavy atom. The number of hydrogen-bond acceptors (Lipinski definition) is 3. The second-order valence-corrected chi connectivity index (χ2v) is 4.17. The van der Waals surface area contributed by atoms with Gasteiger partial charge in [-0.3, -0.25) is 4.79 Å². The van der Waals surface area contributed by atoms with Gasteiger partial charge >= 0.3 is 0 Å². The number of benzene rings is 1. The molecule has 0 spiro atoms. The minimum Gasteiger partial charge on any atom is -0.508 e. The van der Waals surface area contributed by atoms with E-state index in [0.717, 1.165) is 5.56 Å². The van der Waals surface area contributed by atoms with Crippen LogP contribution in [-0.4, -0.2) is 27.9 Å².